The minimum absolute atomic E-state index is 0.0906. The second-order valence-corrected chi connectivity index (χ2v) is 4.38. The Balaban J connectivity index is 1.74. The topological polar surface area (TPSA) is 67.2 Å². The van der Waals surface area contributed by atoms with Crippen LogP contribution < -0.4 is 10.6 Å². The second kappa shape index (κ2) is 6.15. The first kappa shape index (κ1) is 13.3. The number of nitrogens with one attached hydrogen (secondary N) is 2. The molecule has 1 aromatic heterocycles. The molecule has 100 valence electrons. The maximum atomic E-state index is 11.7. The smallest absolute Gasteiger partial charge is 0.238 e. The van der Waals surface area contributed by atoms with Gasteiger partial charge in [0, 0.05) is 5.69 Å². The summed E-state index contributed by atoms with van der Waals surface area (Å²) >= 11 is 0. The van der Waals surface area contributed by atoms with Gasteiger partial charge in [-0.05, 0) is 26.0 Å². The summed E-state index contributed by atoms with van der Waals surface area (Å²) in [6, 6.07) is 7.67. The fourth-order valence-corrected chi connectivity index (χ4v) is 1.61. The number of carbonyl (C=O) groups excluding carboxylic acids is 1. The van der Waals surface area contributed by atoms with Crippen LogP contribution >= 0.6 is 0 Å². The molecule has 2 aromatic rings. The molecule has 0 aliphatic carbocycles. The van der Waals surface area contributed by atoms with E-state index in [1.54, 1.807) is 6.20 Å². The van der Waals surface area contributed by atoms with Gasteiger partial charge in [0.1, 0.15) is 5.76 Å². The molecule has 0 saturated heterocycles. The highest BCUT2D eigenvalue weighted by atomic mass is 16.4. The number of aryl methyl sites for hydroxylation is 2. The molecule has 0 atom stereocenters. The number of hydrogen-bond donors (Lipinski definition) is 2. The van der Waals surface area contributed by atoms with E-state index in [-0.39, 0.29) is 12.5 Å². The van der Waals surface area contributed by atoms with Crippen molar-refractivity contribution in [2.45, 2.75) is 20.4 Å². The zero-order valence-electron chi connectivity index (χ0n) is 11.1. The van der Waals surface area contributed by atoms with Crippen molar-refractivity contribution in [1.29, 1.82) is 0 Å². The Morgan fingerprint density at radius 1 is 1.26 bits per heavy atom. The summed E-state index contributed by atoms with van der Waals surface area (Å²) in [7, 11) is 0. The van der Waals surface area contributed by atoms with E-state index in [1.165, 1.54) is 0 Å². The number of hydrogen-bond acceptors (Lipinski definition) is 4. The van der Waals surface area contributed by atoms with Crippen LogP contribution in [0.2, 0.25) is 0 Å². The third-order valence-electron chi connectivity index (χ3n) is 2.57. The van der Waals surface area contributed by atoms with E-state index in [1.807, 2.05) is 38.1 Å². The van der Waals surface area contributed by atoms with Gasteiger partial charge in [-0.2, -0.15) is 0 Å². The maximum Gasteiger partial charge on any atom is 0.238 e. The van der Waals surface area contributed by atoms with Gasteiger partial charge >= 0.3 is 0 Å². The van der Waals surface area contributed by atoms with Crippen LogP contribution in [0, 0.1) is 13.8 Å². The lowest BCUT2D eigenvalue weighted by Gasteiger charge is -2.05. The fourth-order valence-electron chi connectivity index (χ4n) is 1.61. The molecule has 1 aromatic carbocycles. The normalized spacial score (nSPS) is 10.4. The van der Waals surface area contributed by atoms with Gasteiger partial charge in [-0.15, -0.1) is 0 Å². The van der Waals surface area contributed by atoms with E-state index in [0.29, 0.717) is 12.4 Å². The molecule has 1 amide bonds. The quantitative estimate of drug-likeness (QED) is 0.862. The summed E-state index contributed by atoms with van der Waals surface area (Å²) in [5.41, 5.74) is 1.96. The number of oxazole rings is 1. The summed E-state index contributed by atoms with van der Waals surface area (Å²) in [5.74, 6) is 1.26. The number of rotatable bonds is 5. The summed E-state index contributed by atoms with van der Waals surface area (Å²) in [6.07, 6.45) is 1.66. The summed E-state index contributed by atoms with van der Waals surface area (Å²) in [4.78, 5) is 15.7. The SMILES string of the molecule is Cc1ccc(NC(=O)CNCc2ncc(C)o2)cc1. The average Bonchev–Trinajstić information content (AvgIpc) is 2.78. The van der Waals surface area contributed by atoms with E-state index < -0.39 is 0 Å². The third kappa shape index (κ3) is 4.22. The Morgan fingerprint density at radius 2 is 2.00 bits per heavy atom. The molecular weight excluding hydrogens is 242 g/mol. The predicted octanol–water partition coefficient (Wildman–Crippen LogP) is 2.02. The fraction of sp³-hybridized carbons (Fsp3) is 0.286. The van der Waals surface area contributed by atoms with Crippen molar-refractivity contribution in [2.75, 3.05) is 11.9 Å². The lowest BCUT2D eigenvalue weighted by molar-refractivity contribution is -0.115. The van der Waals surface area contributed by atoms with Gasteiger partial charge in [0.25, 0.3) is 0 Å². The van der Waals surface area contributed by atoms with E-state index in [2.05, 4.69) is 15.6 Å². The summed E-state index contributed by atoms with van der Waals surface area (Å²) in [6.45, 7) is 4.50. The molecule has 0 saturated carbocycles. The van der Waals surface area contributed by atoms with Crippen LogP contribution in [0.4, 0.5) is 5.69 Å². The molecule has 0 bridgehead atoms. The van der Waals surface area contributed by atoms with Crippen molar-refractivity contribution >= 4 is 11.6 Å². The lowest BCUT2D eigenvalue weighted by Crippen LogP contribution is -2.27. The van der Waals surface area contributed by atoms with Crippen molar-refractivity contribution in [3.63, 3.8) is 0 Å². The average molecular weight is 259 g/mol. The van der Waals surface area contributed by atoms with Crippen LogP contribution in [-0.2, 0) is 11.3 Å². The van der Waals surface area contributed by atoms with Crippen LogP contribution in [-0.4, -0.2) is 17.4 Å². The van der Waals surface area contributed by atoms with Gasteiger partial charge in [0.15, 0.2) is 0 Å². The number of nitrogens with zero attached hydrogens (tertiary/aromatic N) is 1. The Kier molecular flexibility index (Phi) is 4.30. The molecule has 2 N–H and O–H groups in total. The second-order valence-electron chi connectivity index (χ2n) is 4.38. The van der Waals surface area contributed by atoms with Gasteiger partial charge in [-0.3, -0.25) is 10.1 Å². The monoisotopic (exact) mass is 259 g/mol. The Hall–Kier alpha value is -2.14. The highest BCUT2D eigenvalue weighted by Gasteiger charge is 2.04. The van der Waals surface area contributed by atoms with Crippen LogP contribution in [0.5, 0.6) is 0 Å². The zero-order chi connectivity index (χ0) is 13.7. The minimum atomic E-state index is -0.0906. The molecule has 2 rings (SSSR count). The van der Waals surface area contributed by atoms with Crippen LogP contribution in [0.25, 0.3) is 0 Å². The number of aromatic nitrogens is 1. The summed E-state index contributed by atoms with van der Waals surface area (Å²) < 4.78 is 5.29. The number of carbonyl (C=O) groups is 1. The van der Waals surface area contributed by atoms with Crippen molar-refractivity contribution in [3.05, 3.63) is 47.7 Å². The number of amides is 1. The maximum absolute atomic E-state index is 11.7. The molecule has 0 fully saturated rings. The molecule has 0 aliphatic heterocycles. The molecule has 0 unspecified atom stereocenters. The van der Waals surface area contributed by atoms with Crippen molar-refractivity contribution < 1.29 is 9.21 Å². The van der Waals surface area contributed by atoms with Gasteiger partial charge in [0.05, 0.1) is 19.3 Å². The number of anilines is 1. The molecule has 1 heterocycles. The van der Waals surface area contributed by atoms with Crippen LogP contribution in [0.1, 0.15) is 17.2 Å². The third-order valence-corrected chi connectivity index (χ3v) is 2.57. The molecule has 0 aliphatic rings. The Labute approximate surface area is 112 Å². The Bertz CT molecular complexity index is 546. The van der Waals surface area contributed by atoms with E-state index in [0.717, 1.165) is 17.0 Å². The zero-order valence-corrected chi connectivity index (χ0v) is 11.1. The van der Waals surface area contributed by atoms with Crippen LogP contribution in [0.15, 0.2) is 34.9 Å². The lowest BCUT2D eigenvalue weighted by atomic mass is 10.2. The van der Waals surface area contributed by atoms with Crippen molar-refractivity contribution in [2.24, 2.45) is 0 Å². The van der Waals surface area contributed by atoms with E-state index in [9.17, 15) is 4.79 Å². The van der Waals surface area contributed by atoms with Gasteiger partial charge < -0.3 is 9.73 Å². The Morgan fingerprint density at radius 3 is 2.63 bits per heavy atom. The summed E-state index contributed by atoms with van der Waals surface area (Å²) in [5, 5.41) is 5.79. The number of benzene rings is 1. The highest BCUT2D eigenvalue weighted by Crippen LogP contribution is 2.08. The van der Waals surface area contributed by atoms with Crippen molar-refractivity contribution in [1.82, 2.24) is 10.3 Å². The molecule has 5 nitrogen and oxygen atoms in total. The van der Waals surface area contributed by atoms with Gasteiger partial charge in [0.2, 0.25) is 11.8 Å². The van der Waals surface area contributed by atoms with Crippen LogP contribution in [0.3, 0.4) is 0 Å². The molecule has 19 heavy (non-hydrogen) atoms. The first-order chi connectivity index (χ1) is 9.13. The van der Waals surface area contributed by atoms with Gasteiger partial charge in [-0.25, -0.2) is 4.98 Å². The first-order valence-electron chi connectivity index (χ1n) is 6.12. The van der Waals surface area contributed by atoms with E-state index >= 15 is 0 Å². The van der Waals surface area contributed by atoms with Gasteiger partial charge in [-0.1, -0.05) is 17.7 Å². The largest absolute Gasteiger partial charge is 0.445 e. The molecule has 5 heteroatoms. The predicted molar refractivity (Wildman–Crippen MR) is 72.8 cm³/mol. The molecule has 0 spiro atoms. The van der Waals surface area contributed by atoms with E-state index in [4.69, 9.17) is 4.42 Å². The molecule has 0 radical (unpaired) electrons. The first-order valence-corrected chi connectivity index (χ1v) is 6.12. The molecular formula is C14H17N3O2. The van der Waals surface area contributed by atoms with Crippen molar-refractivity contribution in [3.8, 4) is 0 Å². The standard InChI is InChI=1S/C14H17N3O2/c1-10-3-5-12(6-4-10)17-13(18)8-15-9-14-16-7-11(2)19-14/h3-7,15H,8-9H2,1-2H3,(H,17,18). The minimum Gasteiger partial charge on any atom is -0.445 e. The highest BCUT2D eigenvalue weighted by molar-refractivity contribution is 5.92.